The number of carbonyl (C=O) groups excluding carboxylic acids is 1. The van der Waals surface area contributed by atoms with Crippen LogP contribution in [0.3, 0.4) is 0 Å². The highest BCUT2D eigenvalue weighted by molar-refractivity contribution is 6.30. The van der Waals surface area contributed by atoms with Crippen LogP contribution in [-0.2, 0) is 17.5 Å². The molecule has 1 unspecified atom stereocenters. The lowest BCUT2D eigenvalue weighted by Crippen LogP contribution is -2.34. The molecule has 0 saturated carbocycles. The van der Waals surface area contributed by atoms with Crippen LogP contribution < -0.4 is 5.56 Å². The fraction of sp³-hybridized carbons (Fsp3) is 0.227. The number of hydrogen-bond acceptors (Lipinski definition) is 4. The first kappa shape index (κ1) is 21.9. The molecule has 1 aromatic carbocycles. The van der Waals surface area contributed by atoms with Gasteiger partial charge in [-0.15, -0.1) is 0 Å². The first-order valence-electron chi connectivity index (χ1n) is 9.60. The van der Waals surface area contributed by atoms with E-state index in [1.807, 2.05) is 31.2 Å². The molecular weight excluding hydrogens is 447 g/mol. The van der Waals surface area contributed by atoms with Crippen molar-refractivity contribution in [2.45, 2.75) is 32.1 Å². The van der Waals surface area contributed by atoms with Gasteiger partial charge in [-0.3, -0.25) is 9.59 Å². The van der Waals surface area contributed by atoms with Gasteiger partial charge in [0.2, 0.25) is 0 Å². The lowest BCUT2D eigenvalue weighted by molar-refractivity contribution is -0.139. The molecule has 2 aromatic heterocycles. The third-order valence-electron chi connectivity index (χ3n) is 5.10. The number of hydrazone groups is 1. The molecule has 0 saturated heterocycles. The first-order valence-corrected chi connectivity index (χ1v) is 9.98. The third kappa shape index (κ3) is 4.34. The predicted octanol–water partition coefficient (Wildman–Crippen LogP) is 4.80. The summed E-state index contributed by atoms with van der Waals surface area (Å²) in [5.74, 6) is -0.204. The number of alkyl halides is 3. The predicted molar refractivity (Wildman–Crippen MR) is 111 cm³/mol. The van der Waals surface area contributed by atoms with Gasteiger partial charge < -0.3 is 8.98 Å². The fourth-order valence-electron chi connectivity index (χ4n) is 3.45. The molecule has 6 nitrogen and oxygen atoms in total. The van der Waals surface area contributed by atoms with Gasteiger partial charge in [0.15, 0.2) is 0 Å². The normalized spacial score (nSPS) is 16.3. The van der Waals surface area contributed by atoms with E-state index < -0.39 is 40.8 Å². The molecule has 3 aromatic rings. The van der Waals surface area contributed by atoms with Crippen molar-refractivity contribution in [2.24, 2.45) is 5.10 Å². The number of halogens is 4. The first-order chi connectivity index (χ1) is 15.1. The maximum Gasteiger partial charge on any atom is 0.417 e. The highest BCUT2D eigenvalue weighted by atomic mass is 35.5. The van der Waals surface area contributed by atoms with Gasteiger partial charge >= 0.3 is 6.18 Å². The standard InChI is InChI=1S/C22H17ClF3N3O3/c1-13-4-6-14(7-5-13)17-10-18(19-3-2-8-32-19)29(27-17)20(30)12-28-11-15(22(24,25)26)9-16(23)21(28)31/h2-9,11,18H,10,12H2,1H3. The largest absolute Gasteiger partial charge is 0.467 e. The van der Waals surface area contributed by atoms with Crippen LogP contribution in [0.2, 0.25) is 5.02 Å². The zero-order chi connectivity index (χ0) is 23.0. The van der Waals surface area contributed by atoms with Crippen LogP contribution in [0.15, 0.2) is 69.2 Å². The molecule has 32 heavy (non-hydrogen) atoms. The maximum atomic E-state index is 13.1. The Labute approximate surface area is 185 Å². The van der Waals surface area contributed by atoms with Crippen LogP contribution in [0.1, 0.15) is 34.9 Å². The summed E-state index contributed by atoms with van der Waals surface area (Å²) in [5.41, 5.74) is 0.465. The number of amides is 1. The lowest BCUT2D eigenvalue weighted by atomic mass is 10.0. The molecule has 10 heteroatoms. The van der Waals surface area contributed by atoms with Gasteiger partial charge in [0, 0.05) is 12.6 Å². The number of nitrogens with zero attached hydrogens (tertiary/aromatic N) is 3. The van der Waals surface area contributed by atoms with Crippen molar-refractivity contribution in [2.75, 3.05) is 0 Å². The number of pyridine rings is 1. The SMILES string of the molecule is Cc1ccc(C2=NN(C(=O)Cn3cc(C(F)(F)F)cc(Cl)c3=O)C(c3ccco3)C2)cc1. The lowest BCUT2D eigenvalue weighted by Gasteiger charge is -2.20. The summed E-state index contributed by atoms with van der Waals surface area (Å²) in [7, 11) is 0. The van der Waals surface area contributed by atoms with Gasteiger partial charge in [-0.2, -0.15) is 18.3 Å². The van der Waals surface area contributed by atoms with Crippen LogP contribution in [0.5, 0.6) is 0 Å². The molecule has 1 amide bonds. The number of carbonyl (C=O) groups is 1. The summed E-state index contributed by atoms with van der Waals surface area (Å²) >= 11 is 5.69. The number of rotatable bonds is 4. The molecule has 1 aliphatic heterocycles. The van der Waals surface area contributed by atoms with Gasteiger partial charge in [0.1, 0.15) is 23.4 Å². The number of aromatic nitrogens is 1. The summed E-state index contributed by atoms with van der Waals surface area (Å²) in [6.07, 6.45) is -2.34. The number of aryl methyl sites for hydroxylation is 1. The molecule has 0 spiro atoms. The van der Waals surface area contributed by atoms with E-state index >= 15 is 0 Å². The summed E-state index contributed by atoms with van der Waals surface area (Å²) in [6.45, 7) is 1.28. The Morgan fingerprint density at radius 1 is 1.25 bits per heavy atom. The summed E-state index contributed by atoms with van der Waals surface area (Å²) in [6, 6.07) is 10.9. The second-order valence-corrected chi connectivity index (χ2v) is 7.80. The van der Waals surface area contributed by atoms with Crippen LogP contribution in [0.25, 0.3) is 0 Å². The van der Waals surface area contributed by atoms with Gasteiger partial charge in [0.05, 0.1) is 17.5 Å². The van der Waals surface area contributed by atoms with Crippen LogP contribution in [0.4, 0.5) is 13.2 Å². The molecule has 0 fully saturated rings. The van der Waals surface area contributed by atoms with Crippen molar-refractivity contribution in [3.63, 3.8) is 0 Å². The quantitative estimate of drug-likeness (QED) is 0.558. The zero-order valence-corrected chi connectivity index (χ0v) is 17.5. The van der Waals surface area contributed by atoms with Crippen molar-refractivity contribution in [3.8, 4) is 0 Å². The monoisotopic (exact) mass is 463 g/mol. The molecule has 0 radical (unpaired) electrons. The maximum absolute atomic E-state index is 13.1. The average molecular weight is 464 g/mol. The van der Waals surface area contributed by atoms with Crippen LogP contribution in [0, 0.1) is 6.92 Å². The molecule has 4 rings (SSSR count). The number of benzene rings is 1. The van der Waals surface area contributed by atoms with Crippen molar-refractivity contribution < 1.29 is 22.4 Å². The Morgan fingerprint density at radius 3 is 2.59 bits per heavy atom. The minimum Gasteiger partial charge on any atom is -0.467 e. The van der Waals surface area contributed by atoms with Crippen molar-refractivity contribution in [1.82, 2.24) is 9.58 Å². The molecule has 0 aliphatic carbocycles. The summed E-state index contributed by atoms with van der Waals surface area (Å²) in [5, 5.41) is 4.94. The van der Waals surface area contributed by atoms with E-state index in [4.69, 9.17) is 16.0 Å². The van der Waals surface area contributed by atoms with E-state index in [2.05, 4.69) is 5.10 Å². The Kier molecular flexibility index (Phi) is 5.68. The third-order valence-corrected chi connectivity index (χ3v) is 5.37. The van der Waals surface area contributed by atoms with Crippen molar-refractivity contribution in [3.05, 3.63) is 92.8 Å². The van der Waals surface area contributed by atoms with E-state index in [0.29, 0.717) is 34.7 Å². The van der Waals surface area contributed by atoms with E-state index in [1.54, 1.807) is 12.1 Å². The number of furan rings is 1. The van der Waals surface area contributed by atoms with Crippen LogP contribution >= 0.6 is 11.6 Å². The van der Waals surface area contributed by atoms with E-state index in [0.717, 1.165) is 16.1 Å². The van der Waals surface area contributed by atoms with E-state index in [9.17, 15) is 22.8 Å². The smallest absolute Gasteiger partial charge is 0.417 e. The summed E-state index contributed by atoms with van der Waals surface area (Å²) < 4.78 is 45.5. The second-order valence-electron chi connectivity index (χ2n) is 7.39. The Balaban J connectivity index is 1.68. The second kappa shape index (κ2) is 8.31. The van der Waals surface area contributed by atoms with Gasteiger partial charge in [-0.05, 0) is 30.7 Å². The molecule has 1 atom stereocenters. The Morgan fingerprint density at radius 2 is 1.97 bits per heavy atom. The molecule has 1 aliphatic rings. The topological polar surface area (TPSA) is 67.8 Å². The van der Waals surface area contributed by atoms with Crippen molar-refractivity contribution in [1.29, 1.82) is 0 Å². The Hall–Kier alpha value is -3.33. The minimum atomic E-state index is -4.72. The molecule has 3 heterocycles. The molecule has 0 bridgehead atoms. The van der Waals surface area contributed by atoms with Gasteiger partial charge in [-0.1, -0.05) is 41.4 Å². The molecule has 0 N–H and O–H groups in total. The van der Waals surface area contributed by atoms with Gasteiger partial charge in [0.25, 0.3) is 11.5 Å². The van der Waals surface area contributed by atoms with E-state index in [-0.39, 0.29) is 0 Å². The number of hydrogen-bond donors (Lipinski definition) is 0. The van der Waals surface area contributed by atoms with Crippen LogP contribution in [-0.4, -0.2) is 21.2 Å². The Bertz CT molecular complexity index is 1230. The minimum absolute atomic E-state index is 0.348. The average Bonchev–Trinajstić information content (AvgIpc) is 3.40. The highest BCUT2D eigenvalue weighted by Crippen LogP contribution is 2.34. The highest BCUT2D eigenvalue weighted by Gasteiger charge is 2.36. The van der Waals surface area contributed by atoms with E-state index in [1.165, 1.54) is 6.26 Å². The van der Waals surface area contributed by atoms with Gasteiger partial charge in [-0.25, -0.2) is 5.01 Å². The zero-order valence-electron chi connectivity index (χ0n) is 16.8. The molecule has 166 valence electrons. The van der Waals surface area contributed by atoms with Crippen molar-refractivity contribution >= 4 is 23.2 Å². The summed E-state index contributed by atoms with van der Waals surface area (Å²) in [4.78, 5) is 25.3. The fourth-order valence-corrected chi connectivity index (χ4v) is 3.68. The molecular formula is C22H17ClF3N3O3.